The standard InChI is InChI=1S/C16H26N2O2/c17-8-5-14-1-3-16(4-2-14)20-12-10-18-9-6-15(13-18)7-11-19/h1-4,15,19H,5-13,17H2. The van der Waals surface area contributed by atoms with E-state index < -0.39 is 0 Å². The Kier molecular flexibility index (Phi) is 6.30. The minimum absolute atomic E-state index is 0.310. The lowest BCUT2D eigenvalue weighted by Gasteiger charge is -2.16. The molecule has 0 aliphatic carbocycles. The third kappa shape index (κ3) is 4.78. The minimum Gasteiger partial charge on any atom is -0.492 e. The van der Waals surface area contributed by atoms with Crippen LogP contribution in [0.5, 0.6) is 5.75 Å². The highest BCUT2D eigenvalue weighted by Gasteiger charge is 2.21. The number of hydrogen-bond donors (Lipinski definition) is 2. The topological polar surface area (TPSA) is 58.7 Å². The summed E-state index contributed by atoms with van der Waals surface area (Å²) in [7, 11) is 0. The van der Waals surface area contributed by atoms with E-state index in [0.29, 0.717) is 19.1 Å². The molecule has 112 valence electrons. The first kappa shape index (κ1) is 15.3. The molecule has 0 spiro atoms. The summed E-state index contributed by atoms with van der Waals surface area (Å²) in [6, 6.07) is 8.19. The number of hydrogen-bond acceptors (Lipinski definition) is 4. The summed E-state index contributed by atoms with van der Waals surface area (Å²) in [6.07, 6.45) is 3.05. The number of aliphatic hydroxyl groups excluding tert-OH is 1. The summed E-state index contributed by atoms with van der Waals surface area (Å²) in [5.74, 6) is 1.59. The predicted molar refractivity (Wildman–Crippen MR) is 80.9 cm³/mol. The summed E-state index contributed by atoms with van der Waals surface area (Å²) < 4.78 is 5.77. The molecule has 1 aromatic rings. The van der Waals surface area contributed by atoms with Crippen LogP contribution >= 0.6 is 0 Å². The molecule has 0 saturated carbocycles. The van der Waals surface area contributed by atoms with Gasteiger partial charge in [-0.15, -0.1) is 0 Å². The molecule has 3 N–H and O–H groups in total. The van der Waals surface area contributed by atoms with Crippen molar-refractivity contribution in [1.29, 1.82) is 0 Å². The minimum atomic E-state index is 0.310. The highest BCUT2D eigenvalue weighted by Crippen LogP contribution is 2.19. The molecular weight excluding hydrogens is 252 g/mol. The monoisotopic (exact) mass is 278 g/mol. The van der Waals surface area contributed by atoms with Crippen molar-refractivity contribution in [3.05, 3.63) is 29.8 Å². The van der Waals surface area contributed by atoms with Crippen LogP contribution in [0, 0.1) is 5.92 Å². The van der Waals surface area contributed by atoms with Crippen LogP contribution in [0.3, 0.4) is 0 Å². The molecule has 2 rings (SSSR count). The van der Waals surface area contributed by atoms with E-state index in [4.69, 9.17) is 15.6 Å². The number of likely N-dealkylation sites (tertiary alicyclic amines) is 1. The highest BCUT2D eigenvalue weighted by molar-refractivity contribution is 5.27. The van der Waals surface area contributed by atoms with Gasteiger partial charge in [-0.1, -0.05) is 12.1 Å². The zero-order valence-electron chi connectivity index (χ0n) is 12.1. The molecule has 4 nitrogen and oxygen atoms in total. The van der Waals surface area contributed by atoms with Gasteiger partial charge in [0.25, 0.3) is 0 Å². The number of nitrogens with zero attached hydrogens (tertiary/aromatic N) is 1. The fraction of sp³-hybridized carbons (Fsp3) is 0.625. The van der Waals surface area contributed by atoms with Crippen LogP contribution in [0.2, 0.25) is 0 Å². The van der Waals surface area contributed by atoms with Crippen LogP contribution in [0.15, 0.2) is 24.3 Å². The molecule has 1 atom stereocenters. The van der Waals surface area contributed by atoms with Crippen molar-refractivity contribution in [1.82, 2.24) is 4.90 Å². The van der Waals surface area contributed by atoms with Gasteiger partial charge in [-0.25, -0.2) is 0 Å². The fourth-order valence-corrected chi connectivity index (χ4v) is 2.75. The van der Waals surface area contributed by atoms with Gasteiger partial charge in [0.15, 0.2) is 0 Å². The Morgan fingerprint density at radius 1 is 1.30 bits per heavy atom. The summed E-state index contributed by atoms with van der Waals surface area (Å²) in [5, 5.41) is 8.95. The average molecular weight is 278 g/mol. The van der Waals surface area contributed by atoms with Crippen LogP contribution in [0.1, 0.15) is 18.4 Å². The van der Waals surface area contributed by atoms with E-state index in [1.807, 2.05) is 12.1 Å². The maximum Gasteiger partial charge on any atom is 0.119 e. The molecule has 20 heavy (non-hydrogen) atoms. The lowest BCUT2D eigenvalue weighted by molar-refractivity contribution is 0.222. The molecule has 1 aliphatic rings. The predicted octanol–water partition coefficient (Wildman–Crippen LogP) is 1.27. The third-order valence-electron chi connectivity index (χ3n) is 3.94. The van der Waals surface area contributed by atoms with Crippen molar-refractivity contribution in [2.75, 3.05) is 39.4 Å². The van der Waals surface area contributed by atoms with Gasteiger partial charge in [0.05, 0.1) is 0 Å². The van der Waals surface area contributed by atoms with E-state index in [1.165, 1.54) is 12.0 Å². The molecule has 4 heteroatoms. The van der Waals surface area contributed by atoms with Gasteiger partial charge in [-0.2, -0.15) is 0 Å². The summed E-state index contributed by atoms with van der Waals surface area (Å²) in [5.41, 5.74) is 6.78. The molecule has 0 aromatic heterocycles. The lowest BCUT2D eigenvalue weighted by Crippen LogP contribution is -2.26. The van der Waals surface area contributed by atoms with Crippen LogP contribution < -0.4 is 10.5 Å². The average Bonchev–Trinajstić information content (AvgIpc) is 2.89. The van der Waals surface area contributed by atoms with Crippen LogP contribution in [-0.4, -0.2) is 49.4 Å². The number of benzene rings is 1. The van der Waals surface area contributed by atoms with Crippen LogP contribution in [0.4, 0.5) is 0 Å². The Bertz CT molecular complexity index is 381. The van der Waals surface area contributed by atoms with Crippen LogP contribution in [-0.2, 0) is 6.42 Å². The zero-order chi connectivity index (χ0) is 14.2. The molecule has 0 radical (unpaired) electrons. The first-order valence-corrected chi connectivity index (χ1v) is 7.57. The fourth-order valence-electron chi connectivity index (χ4n) is 2.75. The lowest BCUT2D eigenvalue weighted by atomic mass is 10.1. The van der Waals surface area contributed by atoms with E-state index in [2.05, 4.69) is 17.0 Å². The first-order chi connectivity index (χ1) is 9.81. The molecule has 1 aliphatic heterocycles. The van der Waals surface area contributed by atoms with E-state index in [0.717, 1.165) is 44.8 Å². The van der Waals surface area contributed by atoms with E-state index in [1.54, 1.807) is 0 Å². The van der Waals surface area contributed by atoms with Crippen molar-refractivity contribution in [2.24, 2.45) is 11.7 Å². The van der Waals surface area contributed by atoms with Gasteiger partial charge >= 0.3 is 0 Å². The molecule has 1 saturated heterocycles. The first-order valence-electron chi connectivity index (χ1n) is 7.57. The molecule has 1 aromatic carbocycles. The second-order valence-corrected chi connectivity index (χ2v) is 5.50. The van der Waals surface area contributed by atoms with E-state index >= 15 is 0 Å². The normalized spacial score (nSPS) is 19.4. The number of ether oxygens (including phenoxy) is 1. The van der Waals surface area contributed by atoms with Crippen molar-refractivity contribution in [3.8, 4) is 5.75 Å². The van der Waals surface area contributed by atoms with Gasteiger partial charge in [-0.3, -0.25) is 4.90 Å². The molecule has 0 amide bonds. The molecule has 0 bridgehead atoms. The van der Waals surface area contributed by atoms with Gasteiger partial charge in [-0.05, 0) is 56.0 Å². The Morgan fingerprint density at radius 2 is 2.10 bits per heavy atom. The van der Waals surface area contributed by atoms with Crippen molar-refractivity contribution in [3.63, 3.8) is 0 Å². The highest BCUT2D eigenvalue weighted by atomic mass is 16.5. The molecule has 1 unspecified atom stereocenters. The van der Waals surface area contributed by atoms with E-state index in [9.17, 15) is 0 Å². The quantitative estimate of drug-likeness (QED) is 0.752. The molecule has 1 fully saturated rings. The van der Waals surface area contributed by atoms with Gasteiger partial charge < -0.3 is 15.6 Å². The van der Waals surface area contributed by atoms with Gasteiger partial charge in [0.1, 0.15) is 12.4 Å². The molecule has 1 heterocycles. The second kappa shape index (κ2) is 8.25. The van der Waals surface area contributed by atoms with Gasteiger partial charge in [0, 0.05) is 19.7 Å². The number of aliphatic hydroxyl groups is 1. The van der Waals surface area contributed by atoms with Crippen molar-refractivity contribution >= 4 is 0 Å². The van der Waals surface area contributed by atoms with Crippen molar-refractivity contribution in [2.45, 2.75) is 19.3 Å². The third-order valence-corrected chi connectivity index (χ3v) is 3.94. The largest absolute Gasteiger partial charge is 0.492 e. The Labute approximate surface area is 121 Å². The Morgan fingerprint density at radius 3 is 2.80 bits per heavy atom. The number of rotatable bonds is 8. The zero-order valence-corrected chi connectivity index (χ0v) is 12.1. The number of nitrogens with two attached hydrogens (primary N) is 1. The molecular formula is C16H26N2O2. The Balaban J connectivity index is 1.66. The smallest absolute Gasteiger partial charge is 0.119 e. The Hall–Kier alpha value is -1.10. The van der Waals surface area contributed by atoms with Crippen molar-refractivity contribution < 1.29 is 9.84 Å². The summed E-state index contributed by atoms with van der Waals surface area (Å²) in [4.78, 5) is 2.42. The summed E-state index contributed by atoms with van der Waals surface area (Å²) in [6.45, 7) is 4.91. The van der Waals surface area contributed by atoms with Gasteiger partial charge in [0.2, 0.25) is 0 Å². The maximum absolute atomic E-state index is 8.95. The second-order valence-electron chi connectivity index (χ2n) is 5.50. The SMILES string of the molecule is NCCc1ccc(OCCN2CCC(CCO)C2)cc1. The summed E-state index contributed by atoms with van der Waals surface area (Å²) >= 11 is 0. The van der Waals surface area contributed by atoms with E-state index in [-0.39, 0.29) is 0 Å². The maximum atomic E-state index is 8.95. The van der Waals surface area contributed by atoms with Crippen LogP contribution in [0.25, 0.3) is 0 Å².